The zero-order valence-electron chi connectivity index (χ0n) is 27.7. The predicted octanol–water partition coefficient (Wildman–Crippen LogP) is 12.8. The van der Waals surface area contributed by atoms with Crippen molar-refractivity contribution in [1.29, 1.82) is 0 Å². The van der Waals surface area contributed by atoms with Crippen molar-refractivity contribution >= 4 is 28.2 Å². The van der Waals surface area contributed by atoms with Crippen LogP contribution in [-0.2, 0) is 6.42 Å². The maximum Gasteiger partial charge on any atom is 0.227 e. The highest BCUT2D eigenvalue weighted by atomic mass is 16.3. The normalized spacial score (nSPS) is 11.1. The van der Waals surface area contributed by atoms with Crippen molar-refractivity contribution in [2.75, 3.05) is 4.90 Å². The zero-order chi connectivity index (χ0) is 33.2. The van der Waals surface area contributed by atoms with E-state index < -0.39 is 0 Å². The van der Waals surface area contributed by atoms with Crippen molar-refractivity contribution in [2.24, 2.45) is 0 Å². The van der Waals surface area contributed by atoms with Crippen LogP contribution < -0.4 is 4.90 Å². The first-order chi connectivity index (χ1) is 24.2. The van der Waals surface area contributed by atoms with Crippen LogP contribution in [0.4, 0.5) is 17.1 Å². The minimum atomic E-state index is 0.655. The Bertz CT molecular complexity index is 2320. The van der Waals surface area contributed by atoms with Gasteiger partial charge in [-0.2, -0.15) is 0 Å². The number of hydrogen-bond donors (Lipinski definition) is 0. The first-order valence-electron chi connectivity index (χ1n) is 16.9. The maximum atomic E-state index is 6.29. The van der Waals surface area contributed by atoms with Gasteiger partial charge in [0.15, 0.2) is 5.58 Å². The summed E-state index contributed by atoms with van der Waals surface area (Å²) in [6.45, 7) is 4.26. The average molecular weight is 633 g/mol. The van der Waals surface area contributed by atoms with Gasteiger partial charge >= 0.3 is 0 Å². The van der Waals surface area contributed by atoms with Crippen molar-refractivity contribution in [3.63, 3.8) is 0 Å². The smallest absolute Gasteiger partial charge is 0.227 e. The van der Waals surface area contributed by atoms with Crippen LogP contribution in [0.15, 0.2) is 174 Å². The number of para-hydroxylation sites is 2. The second-order valence-corrected chi connectivity index (χ2v) is 12.4. The summed E-state index contributed by atoms with van der Waals surface area (Å²) in [5, 5.41) is 0. The summed E-state index contributed by atoms with van der Waals surface area (Å²) in [5.74, 6) is 0.655. The fourth-order valence-corrected chi connectivity index (χ4v) is 6.77. The molecule has 0 aliphatic rings. The molecule has 0 atom stereocenters. The number of aryl methyl sites for hydroxylation is 2. The SMILES string of the molecule is CCc1cc(C)cc2nc(-c3ccc(-c4ccccc4-c4ccccc4-c4ccc(N(c5ccccc5)c5ccccc5)cc4)cc3)oc12. The van der Waals surface area contributed by atoms with Gasteiger partial charge in [0.1, 0.15) is 5.52 Å². The van der Waals surface area contributed by atoms with E-state index in [9.17, 15) is 0 Å². The van der Waals surface area contributed by atoms with Gasteiger partial charge in [-0.3, -0.25) is 0 Å². The highest BCUT2D eigenvalue weighted by Crippen LogP contribution is 2.40. The second-order valence-electron chi connectivity index (χ2n) is 12.4. The number of rotatable bonds is 8. The minimum absolute atomic E-state index is 0.655. The fourth-order valence-electron chi connectivity index (χ4n) is 6.77. The summed E-state index contributed by atoms with van der Waals surface area (Å²) in [4.78, 5) is 7.14. The molecule has 0 amide bonds. The van der Waals surface area contributed by atoms with Gasteiger partial charge in [-0.1, -0.05) is 122 Å². The Kier molecular flexibility index (Phi) is 8.09. The largest absolute Gasteiger partial charge is 0.436 e. The third-order valence-electron chi connectivity index (χ3n) is 9.14. The number of anilines is 3. The Morgan fingerprint density at radius 2 is 0.939 bits per heavy atom. The molecular weight excluding hydrogens is 597 g/mol. The van der Waals surface area contributed by atoms with Gasteiger partial charge < -0.3 is 9.32 Å². The number of hydrogen-bond acceptors (Lipinski definition) is 3. The van der Waals surface area contributed by atoms with Crippen LogP contribution in [-0.4, -0.2) is 4.98 Å². The van der Waals surface area contributed by atoms with Crippen LogP contribution in [0, 0.1) is 6.92 Å². The third-order valence-corrected chi connectivity index (χ3v) is 9.14. The van der Waals surface area contributed by atoms with E-state index >= 15 is 0 Å². The summed E-state index contributed by atoms with van der Waals surface area (Å²) in [7, 11) is 0. The van der Waals surface area contributed by atoms with Crippen molar-refractivity contribution in [3.8, 4) is 44.8 Å². The first-order valence-corrected chi connectivity index (χ1v) is 16.9. The molecule has 0 saturated carbocycles. The molecule has 7 aromatic carbocycles. The number of fused-ring (bicyclic) bond motifs is 1. The molecule has 3 nitrogen and oxygen atoms in total. The van der Waals surface area contributed by atoms with Crippen molar-refractivity contribution in [1.82, 2.24) is 4.98 Å². The zero-order valence-corrected chi connectivity index (χ0v) is 27.7. The predicted molar refractivity (Wildman–Crippen MR) is 205 cm³/mol. The lowest BCUT2D eigenvalue weighted by molar-refractivity contribution is 0.615. The lowest BCUT2D eigenvalue weighted by Crippen LogP contribution is -2.09. The molecule has 0 radical (unpaired) electrons. The van der Waals surface area contributed by atoms with Gasteiger partial charge in [0.05, 0.1) is 0 Å². The molecule has 8 aromatic rings. The Balaban J connectivity index is 1.13. The number of oxazole rings is 1. The van der Waals surface area contributed by atoms with Gasteiger partial charge in [0.25, 0.3) is 0 Å². The third kappa shape index (κ3) is 5.92. The molecule has 0 N–H and O–H groups in total. The van der Waals surface area contributed by atoms with E-state index in [0.29, 0.717) is 5.89 Å². The lowest BCUT2D eigenvalue weighted by atomic mass is 9.89. The van der Waals surface area contributed by atoms with Crippen LogP contribution in [0.3, 0.4) is 0 Å². The van der Waals surface area contributed by atoms with Gasteiger partial charge in [0, 0.05) is 22.6 Å². The van der Waals surface area contributed by atoms with Gasteiger partial charge in [-0.15, -0.1) is 0 Å². The van der Waals surface area contributed by atoms with Crippen molar-refractivity contribution < 1.29 is 4.42 Å². The van der Waals surface area contributed by atoms with Crippen LogP contribution in [0.5, 0.6) is 0 Å². The second kappa shape index (κ2) is 13.1. The van der Waals surface area contributed by atoms with E-state index in [-0.39, 0.29) is 0 Å². The monoisotopic (exact) mass is 632 g/mol. The Labute approximate surface area is 287 Å². The Morgan fingerprint density at radius 3 is 1.47 bits per heavy atom. The van der Waals surface area contributed by atoms with Crippen LogP contribution in [0.2, 0.25) is 0 Å². The van der Waals surface area contributed by atoms with E-state index in [1.54, 1.807) is 0 Å². The standard InChI is InChI=1S/C46H36N2O/c1-3-33-30-32(2)31-44-45(33)49-46(47-44)36-24-22-34(23-25-36)40-18-10-12-20-42(40)43-21-13-11-19-41(43)35-26-28-39(29-27-35)48(37-14-6-4-7-15-37)38-16-8-5-9-17-38/h4-31H,3H2,1-2H3. The number of benzene rings is 7. The molecule has 0 spiro atoms. The summed E-state index contributed by atoms with van der Waals surface area (Å²) in [6, 6.07) is 60.1. The molecule has 0 bridgehead atoms. The summed E-state index contributed by atoms with van der Waals surface area (Å²) < 4.78 is 6.29. The molecule has 0 saturated heterocycles. The van der Waals surface area contributed by atoms with Gasteiger partial charge in [0.2, 0.25) is 5.89 Å². The fraction of sp³-hybridized carbons (Fsp3) is 0.0652. The van der Waals surface area contributed by atoms with E-state index in [4.69, 9.17) is 9.40 Å². The van der Waals surface area contributed by atoms with Crippen molar-refractivity contribution in [3.05, 3.63) is 181 Å². The quantitative estimate of drug-likeness (QED) is 0.167. The lowest BCUT2D eigenvalue weighted by Gasteiger charge is -2.25. The van der Waals surface area contributed by atoms with Gasteiger partial charge in [-0.25, -0.2) is 4.98 Å². The Hall–Kier alpha value is -6.19. The van der Waals surface area contributed by atoms with E-state index in [0.717, 1.165) is 45.7 Å². The van der Waals surface area contributed by atoms with Crippen LogP contribution in [0.25, 0.3) is 55.9 Å². The summed E-state index contributed by atoms with van der Waals surface area (Å²) in [6.07, 6.45) is 0.911. The number of aromatic nitrogens is 1. The molecular formula is C46H36N2O. The molecule has 0 fully saturated rings. The molecule has 0 aliphatic carbocycles. The van der Waals surface area contributed by atoms with Crippen LogP contribution in [0.1, 0.15) is 18.1 Å². The van der Waals surface area contributed by atoms with Gasteiger partial charge in [-0.05, 0) is 112 Å². The molecule has 0 aliphatic heterocycles. The highest BCUT2D eigenvalue weighted by molar-refractivity contribution is 5.92. The molecule has 1 heterocycles. The van der Waals surface area contributed by atoms with Crippen LogP contribution >= 0.6 is 0 Å². The molecule has 49 heavy (non-hydrogen) atoms. The van der Waals surface area contributed by atoms with E-state index in [1.165, 1.54) is 38.9 Å². The first kappa shape index (κ1) is 30.2. The maximum absolute atomic E-state index is 6.29. The molecule has 3 heteroatoms. The summed E-state index contributed by atoms with van der Waals surface area (Å²) >= 11 is 0. The Morgan fingerprint density at radius 1 is 0.490 bits per heavy atom. The molecule has 1 aromatic heterocycles. The van der Waals surface area contributed by atoms with E-state index in [2.05, 4.69) is 189 Å². The topological polar surface area (TPSA) is 29.3 Å². The highest BCUT2D eigenvalue weighted by Gasteiger charge is 2.16. The number of nitrogens with zero attached hydrogens (tertiary/aromatic N) is 2. The van der Waals surface area contributed by atoms with E-state index in [1.807, 2.05) is 0 Å². The molecule has 8 rings (SSSR count). The molecule has 0 unspecified atom stereocenters. The van der Waals surface area contributed by atoms with Crippen molar-refractivity contribution in [2.45, 2.75) is 20.3 Å². The summed E-state index contributed by atoms with van der Waals surface area (Å²) in [5.41, 5.74) is 15.6. The average Bonchev–Trinajstić information content (AvgIpc) is 3.60. The molecule has 236 valence electrons. The minimum Gasteiger partial charge on any atom is -0.436 e.